The second-order valence-corrected chi connectivity index (χ2v) is 13.6. The normalized spacial score (nSPS) is 18.9. The van der Waals surface area contributed by atoms with Crippen LogP contribution in [0.2, 0.25) is 0 Å². The Balaban J connectivity index is 2.11. The fraction of sp³-hybridized carbons (Fsp3) is 0.750. The van der Waals surface area contributed by atoms with Crippen molar-refractivity contribution in [2.45, 2.75) is 135 Å². The van der Waals surface area contributed by atoms with Gasteiger partial charge in [0.05, 0.1) is 12.5 Å². The Morgan fingerprint density at radius 1 is 0.886 bits per heavy atom. The monoisotopic (exact) mass is 620 g/mol. The highest BCUT2D eigenvalue weighted by Gasteiger charge is 2.42. The smallest absolute Gasteiger partial charge is 0.408 e. The first-order valence-corrected chi connectivity index (χ1v) is 15.8. The van der Waals surface area contributed by atoms with Crippen molar-refractivity contribution in [3.05, 3.63) is 12.7 Å². The van der Waals surface area contributed by atoms with Crippen molar-refractivity contribution in [3.63, 3.8) is 0 Å². The number of rotatable bonds is 13. The number of carbonyl (C=O) groups is 6. The fourth-order valence-electron chi connectivity index (χ4n) is 5.50. The van der Waals surface area contributed by atoms with E-state index >= 15 is 0 Å². The average molecular weight is 621 g/mol. The van der Waals surface area contributed by atoms with E-state index in [4.69, 9.17) is 9.47 Å². The molecule has 2 fully saturated rings. The van der Waals surface area contributed by atoms with Gasteiger partial charge in [-0.2, -0.15) is 0 Å². The molecule has 12 heteroatoms. The van der Waals surface area contributed by atoms with E-state index in [9.17, 15) is 28.8 Å². The lowest BCUT2D eigenvalue weighted by molar-refractivity contribution is -0.154. The summed E-state index contributed by atoms with van der Waals surface area (Å²) in [6.07, 6.45) is 6.74. The van der Waals surface area contributed by atoms with Gasteiger partial charge in [-0.25, -0.2) is 4.79 Å². The van der Waals surface area contributed by atoms with Crippen molar-refractivity contribution in [3.8, 4) is 0 Å². The molecule has 0 bridgehead atoms. The van der Waals surface area contributed by atoms with Crippen LogP contribution in [0, 0.1) is 5.92 Å². The highest BCUT2D eigenvalue weighted by Crippen LogP contribution is 2.29. The second-order valence-electron chi connectivity index (χ2n) is 13.6. The number of nitrogens with zero attached hydrogens (tertiary/aromatic N) is 1. The molecule has 4 amide bonds. The molecule has 1 aliphatic carbocycles. The number of carbonyl (C=O) groups excluding carboxylic acids is 6. The molecule has 248 valence electrons. The summed E-state index contributed by atoms with van der Waals surface area (Å²) >= 11 is 0. The third-order valence-electron chi connectivity index (χ3n) is 7.45. The van der Waals surface area contributed by atoms with Gasteiger partial charge in [0, 0.05) is 13.1 Å². The Hall–Kier alpha value is -3.44. The first-order valence-electron chi connectivity index (χ1n) is 15.8. The number of allylic oxidation sites excluding steroid dienone is 1. The molecule has 2 aliphatic rings. The lowest BCUT2D eigenvalue weighted by Crippen LogP contribution is -2.58. The van der Waals surface area contributed by atoms with Gasteiger partial charge in [0.15, 0.2) is 0 Å². The van der Waals surface area contributed by atoms with Gasteiger partial charge in [-0.3, -0.25) is 24.0 Å². The quantitative estimate of drug-likeness (QED) is 0.161. The van der Waals surface area contributed by atoms with E-state index in [2.05, 4.69) is 22.5 Å². The Labute approximate surface area is 261 Å². The van der Waals surface area contributed by atoms with Crippen molar-refractivity contribution < 1.29 is 38.2 Å². The average Bonchev–Trinajstić information content (AvgIpc) is 3.42. The van der Waals surface area contributed by atoms with Gasteiger partial charge in [0.25, 0.3) is 5.91 Å². The van der Waals surface area contributed by atoms with Crippen LogP contribution in [0.5, 0.6) is 0 Å². The van der Waals surface area contributed by atoms with E-state index < -0.39 is 59.0 Å². The van der Waals surface area contributed by atoms with Crippen LogP contribution in [0.3, 0.4) is 0 Å². The zero-order valence-electron chi connectivity index (χ0n) is 27.3. The largest absolute Gasteiger partial charge is 0.460 e. The molecule has 0 radical (unpaired) electrons. The summed E-state index contributed by atoms with van der Waals surface area (Å²) in [5.41, 5.74) is -1.41. The van der Waals surface area contributed by atoms with Crippen molar-refractivity contribution in [2.24, 2.45) is 5.92 Å². The Bertz CT molecular complexity index is 1060. The van der Waals surface area contributed by atoms with E-state index in [1.807, 2.05) is 0 Å². The highest BCUT2D eigenvalue weighted by molar-refractivity contribution is 6.38. The van der Waals surface area contributed by atoms with Crippen LogP contribution in [0.25, 0.3) is 0 Å². The molecule has 2 rings (SSSR count). The van der Waals surface area contributed by atoms with Crippen LogP contribution < -0.4 is 16.0 Å². The Morgan fingerprint density at radius 3 is 2.11 bits per heavy atom. The predicted octanol–water partition coefficient (Wildman–Crippen LogP) is 3.32. The van der Waals surface area contributed by atoms with Crippen LogP contribution in [-0.2, 0) is 33.4 Å². The fourth-order valence-corrected chi connectivity index (χ4v) is 5.50. The molecule has 12 nitrogen and oxygen atoms in total. The third-order valence-corrected chi connectivity index (χ3v) is 7.45. The van der Waals surface area contributed by atoms with Crippen LogP contribution in [0.4, 0.5) is 4.79 Å². The predicted molar refractivity (Wildman–Crippen MR) is 164 cm³/mol. The second kappa shape index (κ2) is 16.6. The molecule has 3 atom stereocenters. The van der Waals surface area contributed by atoms with Gasteiger partial charge in [0.2, 0.25) is 17.6 Å². The minimum Gasteiger partial charge on any atom is -0.460 e. The maximum absolute atomic E-state index is 13.9. The lowest BCUT2D eigenvalue weighted by Gasteiger charge is -2.35. The zero-order chi connectivity index (χ0) is 33.1. The number of nitrogens with one attached hydrogen (secondary N) is 3. The number of ether oxygens (including phenoxy) is 2. The number of likely N-dealkylation sites (tertiary alicyclic amines) is 1. The summed E-state index contributed by atoms with van der Waals surface area (Å²) < 4.78 is 10.6. The SMILES string of the molecule is C=CCCC(NC(=O)[C@@H]1CCCN1C(=O)[C@@H](NC(=O)OC(C)(C)C)C1CCCCC1)C(=O)C(=O)NCCC(=O)OC(C)(C)C. The van der Waals surface area contributed by atoms with Gasteiger partial charge < -0.3 is 30.3 Å². The first kappa shape index (κ1) is 36.8. The molecule has 3 N–H and O–H groups in total. The molecule has 1 saturated heterocycles. The van der Waals surface area contributed by atoms with Gasteiger partial charge in [-0.05, 0) is 86.0 Å². The van der Waals surface area contributed by atoms with E-state index in [-0.39, 0.29) is 31.2 Å². The summed E-state index contributed by atoms with van der Waals surface area (Å²) in [5, 5.41) is 7.90. The summed E-state index contributed by atoms with van der Waals surface area (Å²) in [6, 6.07) is -2.84. The molecular formula is C32H52N4O8. The molecule has 1 saturated carbocycles. The Morgan fingerprint density at radius 2 is 1.52 bits per heavy atom. The number of ketones is 1. The maximum atomic E-state index is 13.9. The van der Waals surface area contributed by atoms with E-state index in [0.717, 1.165) is 32.1 Å². The van der Waals surface area contributed by atoms with Crippen LogP contribution >= 0.6 is 0 Å². The van der Waals surface area contributed by atoms with Gasteiger partial charge in [-0.15, -0.1) is 6.58 Å². The maximum Gasteiger partial charge on any atom is 0.408 e. The molecular weight excluding hydrogens is 568 g/mol. The van der Waals surface area contributed by atoms with Gasteiger partial charge in [0.1, 0.15) is 23.3 Å². The lowest BCUT2D eigenvalue weighted by atomic mass is 9.83. The van der Waals surface area contributed by atoms with Crippen molar-refractivity contribution in [2.75, 3.05) is 13.1 Å². The van der Waals surface area contributed by atoms with Gasteiger partial charge >= 0.3 is 12.1 Å². The Kier molecular flexibility index (Phi) is 13.8. The number of Topliss-reactive ketones (excluding diaryl/α,β-unsaturated/α-hetero) is 1. The number of esters is 1. The zero-order valence-corrected chi connectivity index (χ0v) is 27.3. The molecule has 0 spiro atoms. The summed E-state index contributed by atoms with van der Waals surface area (Å²) in [7, 11) is 0. The first-order chi connectivity index (χ1) is 20.5. The topological polar surface area (TPSA) is 160 Å². The van der Waals surface area contributed by atoms with Gasteiger partial charge in [-0.1, -0.05) is 25.3 Å². The molecule has 44 heavy (non-hydrogen) atoms. The number of amides is 4. The van der Waals surface area contributed by atoms with Crippen LogP contribution in [0.1, 0.15) is 106 Å². The summed E-state index contributed by atoms with van der Waals surface area (Å²) in [5.74, 6) is -3.28. The van der Waals surface area contributed by atoms with E-state index in [1.54, 1.807) is 47.6 Å². The standard InChI is InChI=1S/C32H52N4O8/c1-8-9-16-22(26(38)28(40)33-19-18-24(37)43-31(2,3)4)34-27(39)23-17-13-20-36(23)29(41)25(21-14-11-10-12-15-21)35-30(42)44-32(5,6)7/h8,21-23,25H,1,9-20H2,2-7H3,(H,33,40)(H,34,39)(H,35,42)/t22?,23-,25-/m0/s1. The molecule has 1 aliphatic heterocycles. The number of hydrogen-bond donors (Lipinski definition) is 3. The molecule has 1 heterocycles. The van der Waals surface area contributed by atoms with Crippen molar-refractivity contribution in [1.82, 2.24) is 20.9 Å². The summed E-state index contributed by atoms with van der Waals surface area (Å²) in [4.78, 5) is 79.3. The molecule has 0 aromatic heterocycles. The number of hydrogen-bond acceptors (Lipinski definition) is 8. The molecule has 0 aromatic carbocycles. The molecule has 0 aromatic rings. The highest BCUT2D eigenvalue weighted by atomic mass is 16.6. The minimum absolute atomic E-state index is 0.0839. The third kappa shape index (κ3) is 12.3. The van der Waals surface area contributed by atoms with Crippen molar-refractivity contribution >= 4 is 35.6 Å². The van der Waals surface area contributed by atoms with E-state index in [1.165, 1.54) is 4.90 Å². The van der Waals surface area contributed by atoms with Crippen LogP contribution in [-0.4, -0.2) is 82.9 Å². The van der Waals surface area contributed by atoms with Crippen LogP contribution in [0.15, 0.2) is 12.7 Å². The number of alkyl carbamates (subject to hydrolysis) is 1. The molecule has 1 unspecified atom stereocenters. The van der Waals surface area contributed by atoms with Crippen molar-refractivity contribution in [1.29, 1.82) is 0 Å². The summed E-state index contributed by atoms with van der Waals surface area (Å²) in [6.45, 7) is 14.3. The van der Waals surface area contributed by atoms with E-state index in [0.29, 0.717) is 25.8 Å². The minimum atomic E-state index is -1.14.